The number of guanidine groups is 1. The Kier molecular flexibility index (Phi) is 7.79. The minimum absolute atomic E-state index is 0.0475. The summed E-state index contributed by atoms with van der Waals surface area (Å²) in [6, 6.07) is 24.5. The van der Waals surface area contributed by atoms with Crippen molar-refractivity contribution in [2.75, 3.05) is 7.11 Å². The minimum atomic E-state index is -3.95. The topological polar surface area (TPSA) is 107 Å². The van der Waals surface area contributed by atoms with Crippen LogP contribution in [0, 0.1) is 0 Å². The van der Waals surface area contributed by atoms with Gasteiger partial charge in [0.05, 0.1) is 17.7 Å². The van der Waals surface area contributed by atoms with Crippen LogP contribution in [0.25, 0.3) is 22.4 Å². The van der Waals surface area contributed by atoms with E-state index < -0.39 is 10.0 Å². The van der Waals surface area contributed by atoms with Crippen LogP contribution in [0.4, 0.5) is 0 Å². The van der Waals surface area contributed by atoms with Crippen LogP contribution in [-0.4, -0.2) is 26.5 Å². The fourth-order valence-corrected chi connectivity index (χ4v) is 4.69. The molecule has 0 amide bonds. The summed E-state index contributed by atoms with van der Waals surface area (Å²) < 4.78 is 34.2. The number of nitrogens with one attached hydrogen (secondary N) is 1. The second-order valence-corrected chi connectivity index (χ2v) is 10.2. The van der Waals surface area contributed by atoms with Gasteiger partial charge in [-0.25, -0.2) is 4.98 Å². The van der Waals surface area contributed by atoms with Gasteiger partial charge in [0, 0.05) is 33.3 Å². The summed E-state index contributed by atoms with van der Waals surface area (Å²) in [5.74, 6) is 0.0969. The standard InChI is InChI=1S/C26H22Cl2N4O3S/c1-35-25-19(16-30-26(29)32-36(33,34)22-5-3-2-4-6-22)15-23(17-7-11-20(27)12-8-17)24(31-25)18-9-13-21(28)14-10-18/h2-15H,16H2,1H3,(H3,29,30,32). The van der Waals surface area contributed by atoms with E-state index >= 15 is 0 Å². The number of hydrogen-bond acceptors (Lipinski definition) is 4. The Morgan fingerprint density at radius 1 is 0.944 bits per heavy atom. The Morgan fingerprint density at radius 2 is 1.53 bits per heavy atom. The van der Waals surface area contributed by atoms with Gasteiger partial charge in [-0.2, -0.15) is 8.42 Å². The molecule has 3 aromatic carbocycles. The van der Waals surface area contributed by atoms with Crippen molar-refractivity contribution in [1.82, 2.24) is 10.3 Å². The molecule has 0 unspecified atom stereocenters. The summed E-state index contributed by atoms with van der Waals surface area (Å²) in [6.07, 6.45) is 0. The highest BCUT2D eigenvalue weighted by Gasteiger charge is 2.17. The molecule has 0 aliphatic carbocycles. The van der Waals surface area contributed by atoms with E-state index in [1.807, 2.05) is 30.3 Å². The zero-order valence-corrected chi connectivity index (χ0v) is 21.5. The molecule has 10 heteroatoms. The highest BCUT2D eigenvalue weighted by Crippen LogP contribution is 2.35. The van der Waals surface area contributed by atoms with Crippen molar-refractivity contribution in [3.05, 3.63) is 101 Å². The lowest BCUT2D eigenvalue weighted by Gasteiger charge is -2.16. The van der Waals surface area contributed by atoms with E-state index in [-0.39, 0.29) is 17.4 Å². The van der Waals surface area contributed by atoms with Gasteiger partial charge < -0.3 is 15.8 Å². The van der Waals surface area contributed by atoms with Crippen molar-refractivity contribution in [2.45, 2.75) is 11.4 Å². The Morgan fingerprint density at radius 3 is 2.11 bits per heavy atom. The summed E-state index contributed by atoms with van der Waals surface area (Å²) in [5.41, 5.74) is 9.79. The highest BCUT2D eigenvalue weighted by molar-refractivity contribution is 7.90. The Hall–Kier alpha value is -3.59. The summed E-state index contributed by atoms with van der Waals surface area (Å²) >= 11 is 12.2. The predicted octanol–water partition coefficient (Wildman–Crippen LogP) is 5.52. The molecule has 184 valence electrons. The quantitative estimate of drug-likeness (QED) is 0.236. The SMILES string of the molecule is COc1nc(-c2ccc(Cl)cc2)c(-c2ccc(Cl)cc2)cc1CNC(N)=NS(=O)(=O)c1ccccc1. The van der Waals surface area contributed by atoms with Crippen LogP contribution in [0.2, 0.25) is 10.0 Å². The molecule has 4 aromatic rings. The largest absolute Gasteiger partial charge is 0.481 e. The zero-order chi connectivity index (χ0) is 25.7. The van der Waals surface area contributed by atoms with Crippen molar-refractivity contribution in [3.8, 4) is 28.3 Å². The third-order valence-electron chi connectivity index (χ3n) is 5.25. The Labute approximate surface area is 219 Å². The molecule has 1 aromatic heterocycles. The third-order valence-corrected chi connectivity index (χ3v) is 7.06. The highest BCUT2D eigenvalue weighted by atomic mass is 35.5. The number of methoxy groups -OCH3 is 1. The number of rotatable bonds is 7. The molecule has 36 heavy (non-hydrogen) atoms. The molecule has 1 heterocycles. The van der Waals surface area contributed by atoms with Gasteiger partial charge >= 0.3 is 0 Å². The summed E-state index contributed by atoms with van der Waals surface area (Å²) in [6.45, 7) is 0.122. The Bertz CT molecular complexity index is 1490. The van der Waals surface area contributed by atoms with Crippen LogP contribution in [0.5, 0.6) is 5.88 Å². The van der Waals surface area contributed by atoms with Gasteiger partial charge in [0.25, 0.3) is 10.0 Å². The first kappa shape index (κ1) is 25.5. The number of hydrogen-bond donors (Lipinski definition) is 2. The van der Waals surface area contributed by atoms with E-state index in [0.717, 1.165) is 16.7 Å². The van der Waals surface area contributed by atoms with Crippen molar-refractivity contribution in [2.24, 2.45) is 10.1 Å². The number of nitrogens with two attached hydrogens (primary N) is 1. The number of benzene rings is 3. The van der Waals surface area contributed by atoms with Gasteiger partial charge in [0.15, 0.2) is 0 Å². The fourth-order valence-electron chi connectivity index (χ4n) is 3.51. The summed E-state index contributed by atoms with van der Waals surface area (Å²) in [5, 5.41) is 4.06. The van der Waals surface area contributed by atoms with Crippen LogP contribution in [-0.2, 0) is 16.6 Å². The smallest absolute Gasteiger partial charge is 0.285 e. The fraction of sp³-hybridized carbons (Fsp3) is 0.0769. The van der Waals surface area contributed by atoms with Gasteiger partial charge in [0.1, 0.15) is 0 Å². The molecule has 0 saturated heterocycles. The Balaban J connectivity index is 1.71. The van der Waals surface area contributed by atoms with Gasteiger partial charge in [0.2, 0.25) is 11.8 Å². The van der Waals surface area contributed by atoms with Crippen LogP contribution < -0.4 is 15.8 Å². The summed E-state index contributed by atoms with van der Waals surface area (Å²) in [7, 11) is -2.44. The maximum Gasteiger partial charge on any atom is 0.285 e. The molecule has 0 bridgehead atoms. The van der Waals surface area contributed by atoms with Crippen molar-refractivity contribution < 1.29 is 13.2 Å². The van der Waals surface area contributed by atoms with E-state index in [4.69, 9.17) is 38.7 Å². The van der Waals surface area contributed by atoms with Crippen molar-refractivity contribution >= 4 is 39.2 Å². The van der Waals surface area contributed by atoms with Crippen LogP contribution in [0.3, 0.4) is 0 Å². The molecule has 3 N–H and O–H groups in total. The second kappa shape index (κ2) is 11.0. The molecule has 0 aliphatic heterocycles. The van der Waals surface area contributed by atoms with Gasteiger partial charge in [-0.1, -0.05) is 65.7 Å². The van der Waals surface area contributed by atoms with Crippen LogP contribution in [0.15, 0.2) is 94.2 Å². The monoisotopic (exact) mass is 540 g/mol. The lowest BCUT2D eigenvalue weighted by Crippen LogP contribution is -2.32. The van der Waals surface area contributed by atoms with E-state index in [9.17, 15) is 8.42 Å². The van der Waals surface area contributed by atoms with Crippen molar-refractivity contribution in [1.29, 1.82) is 0 Å². The average molecular weight is 541 g/mol. The third kappa shape index (κ3) is 5.96. The minimum Gasteiger partial charge on any atom is -0.481 e. The van der Waals surface area contributed by atoms with E-state index in [1.165, 1.54) is 19.2 Å². The normalized spacial score (nSPS) is 11.8. The van der Waals surface area contributed by atoms with E-state index in [1.54, 1.807) is 42.5 Å². The van der Waals surface area contributed by atoms with Gasteiger partial charge in [-0.15, -0.1) is 4.40 Å². The molecular weight excluding hydrogens is 519 g/mol. The van der Waals surface area contributed by atoms with Gasteiger partial charge in [-0.05, 0) is 48.0 Å². The second-order valence-electron chi connectivity index (χ2n) is 7.68. The van der Waals surface area contributed by atoms with Gasteiger partial charge in [-0.3, -0.25) is 0 Å². The first-order chi connectivity index (χ1) is 17.3. The lowest BCUT2D eigenvalue weighted by molar-refractivity contribution is 0.392. The molecule has 0 fully saturated rings. The zero-order valence-electron chi connectivity index (χ0n) is 19.2. The number of halogens is 2. The number of sulfonamides is 1. The molecule has 0 atom stereocenters. The lowest BCUT2D eigenvalue weighted by atomic mass is 9.97. The van der Waals surface area contributed by atoms with E-state index in [2.05, 4.69) is 9.71 Å². The number of nitrogens with zero attached hydrogens (tertiary/aromatic N) is 2. The maximum atomic E-state index is 12.5. The van der Waals surface area contributed by atoms with Crippen molar-refractivity contribution in [3.63, 3.8) is 0 Å². The number of pyridine rings is 1. The summed E-state index contributed by atoms with van der Waals surface area (Å²) in [4.78, 5) is 4.80. The molecule has 7 nitrogen and oxygen atoms in total. The molecular formula is C26H22Cl2N4O3S. The van der Waals surface area contributed by atoms with Crippen LogP contribution >= 0.6 is 23.2 Å². The first-order valence-corrected chi connectivity index (χ1v) is 13.0. The average Bonchev–Trinajstić information content (AvgIpc) is 2.88. The van der Waals surface area contributed by atoms with Crippen LogP contribution in [0.1, 0.15) is 5.56 Å². The molecule has 4 rings (SSSR count). The van der Waals surface area contributed by atoms with E-state index in [0.29, 0.717) is 27.2 Å². The molecule has 0 saturated carbocycles. The number of ether oxygens (including phenoxy) is 1. The molecule has 0 aliphatic rings. The number of aromatic nitrogens is 1. The molecule has 0 spiro atoms. The molecule has 0 radical (unpaired) electrons. The maximum absolute atomic E-state index is 12.5. The first-order valence-electron chi connectivity index (χ1n) is 10.8. The predicted molar refractivity (Wildman–Crippen MR) is 144 cm³/mol.